The predicted octanol–water partition coefficient (Wildman–Crippen LogP) is 2.33. The SMILES string of the molecule is CCNC(=NCc1ccc(CN(C)C)cc1)N1CCC2(CCOC2)C1. The van der Waals surface area contributed by atoms with Gasteiger partial charge in [-0.25, -0.2) is 4.99 Å². The summed E-state index contributed by atoms with van der Waals surface area (Å²) in [6.07, 6.45) is 2.41. The molecular formula is C20H32N4O. The quantitative estimate of drug-likeness (QED) is 0.657. The van der Waals surface area contributed by atoms with Gasteiger partial charge < -0.3 is 19.9 Å². The van der Waals surface area contributed by atoms with E-state index < -0.39 is 0 Å². The van der Waals surface area contributed by atoms with Crippen LogP contribution in [-0.2, 0) is 17.8 Å². The van der Waals surface area contributed by atoms with Gasteiger partial charge >= 0.3 is 0 Å². The molecule has 0 bridgehead atoms. The van der Waals surface area contributed by atoms with Gasteiger partial charge in [0.15, 0.2) is 5.96 Å². The Labute approximate surface area is 152 Å². The first-order valence-corrected chi connectivity index (χ1v) is 9.44. The van der Waals surface area contributed by atoms with Crippen LogP contribution < -0.4 is 5.32 Å². The number of rotatable bonds is 5. The first kappa shape index (κ1) is 18.2. The Hall–Kier alpha value is -1.59. The average Bonchev–Trinajstić information content (AvgIpc) is 3.23. The fourth-order valence-corrected chi connectivity index (χ4v) is 3.79. The molecule has 0 aromatic heterocycles. The molecule has 0 radical (unpaired) electrons. The average molecular weight is 345 g/mol. The molecule has 3 rings (SSSR count). The summed E-state index contributed by atoms with van der Waals surface area (Å²) in [6, 6.07) is 8.81. The van der Waals surface area contributed by atoms with Gasteiger partial charge in [-0.1, -0.05) is 24.3 Å². The molecule has 2 aliphatic heterocycles. The molecule has 2 saturated heterocycles. The van der Waals surface area contributed by atoms with Gasteiger partial charge in [0.25, 0.3) is 0 Å². The second-order valence-electron chi connectivity index (χ2n) is 7.70. The van der Waals surface area contributed by atoms with Gasteiger partial charge in [0.1, 0.15) is 0 Å². The monoisotopic (exact) mass is 344 g/mol. The lowest BCUT2D eigenvalue weighted by molar-refractivity contribution is 0.156. The van der Waals surface area contributed by atoms with Crippen LogP contribution in [0.4, 0.5) is 0 Å². The number of nitrogens with zero attached hydrogens (tertiary/aromatic N) is 3. The topological polar surface area (TPSA) is 40.1 Å². The number of likely N-dealkylation sites (tertiary alicyclic amines) is 1. The van der Waals surface area contributed by atoms with E-state index in [9.17, 15) is 0 Å². The minimum absolute atomic E-state index is 0.365. The third kappa shape index (κ3) is 4.73. The molecule has 0 aliphatic carbocycles. The first-order valence-electron chi connectivity index (χ1n) is 9.44. The molecule has 1 aromatic rings. The summed E-state index contributed by atoms with van der Waals surface area (Å²) in [5.74, 6) is 1.05. The Kier molecular flexibility index (Phi) is 5.97. The summed E-state index contributed by atoms with van der Waals surface area (Å²) < 4.78 is 5.65. The van der Waals surface area contributed by atoms with Crippen molar-refractivity contribution in [2.45, 2.75) is 32.9 Å². The molecule has 1 spiro atoms. The van der Waals surface area contributed by atoms with Crippen molar-refractivity contribution < 1.29 is 4.74 Å². The zero-order valence-corrected chi connectivity index (χ0v) is 15.9. The van der Waals surface area contributed by atoms with Gasteiger partial charge in [0, 0.05) is 38.2 Å². The number of nitrogens with one attached hydrogen (secondary N) is 1. The number of hydrogen-bond acceptors (Lipinski definition) is 3. The Morgan fingerprint density at radius 3 is 2.64 bits per heavy atom. The second kappa shape index (κ2) is 8.19. The van der Waals surface area contributed by atoms with E-state index in [1.807, 2.05) is 0 Å². The maximum absolute atomic E-state index is 5.65. The first-order chi connectivity index (χ1) is 12.1. The van der Waals surface area contributed by atoms with Crippen LogP contribution in [-0.4, -0.2) is 62.7 Å². The minimum atomic E-state index is 0.365. The molecule has 5 heteroatoms. The van der Waals surface area contributed by atoms with Crippen LogP contribution in [0.5, 0.6) is 0 Å². The van der Waals surface area contributed by atoms with Crippen LogP contribution in [0.2, 0.25) is 0 Å². The smallest absolute Gasteiger partial charge is 0.194 e. The van der Waals surface area contributed by atoms with Crippen molar-refractivity contribution in [1.82, 2.24) is 15.1 Å². The summed E-state index contributed by atoms with van der Waals surface area (Å²) >= 11 is 0. The van der Waals surface area contributed by atoms with E-state index in [2.05, 4.69) is 60.4 Å². The van der Waals surface area contributed by atoms with Crippen LogP contribution in [0.3, 0.4) is 0 Å². The molecule has 1 N–H and O–H groups in total. The van der Waals surface area contributed by atoms with Crippen molar-refractivity contribution in [1.29, 1.82) is 0 Å². The molecular weight excluding hydrogens is 312 g/mol. The lowest BCUT2D eigenvalue weighted by atomic mass is 9.87. The van der Waals surface area contributed by atoms with Crippen LogP contribution in [0.25, 0.3) is 0 Å². The molecule has 1 aromatic carbocycles. The van der Waals surface area contributed by atoms with E-state index >= 15 is 0 Å². The zero-order chi connectivity index (χ0) is 17.7. The highest BCUT2D eigenvalue weighted by atomic mass is 16.5. The van der Waals surface area contributed by atoms with Crippen molar-refractivity contribution >= 4 is 5.96 Å². The Balaban J connectivity index is 1.62. The van der Waals surface area contributed by atoms with Gasteiger partial charge in [0.05, 0.1) is 13.2 Å². The standard InChI is InChI=1S/C20H32N4O/c1-4-21-19(24-11-9-20(15-24)10-12-25-16-20)22-13-17-5-7-18(8-6-17)14-23(2)3/h5-8H,4,9-16H2,1-3H3,(H,21,22). The highest BCUT2D eigenvalue weighted by Crippen LogP contribution is 2.38. The molecule has 0 amide bonds. The Morgan fingerprint density at radius 1 is 1.24 bits per heavy atom. The summed E-state index contributed by atoms with van der Waals surface area (Å²) in [5, 5.41) is 3.47. The number of aliphatic imine (C=N–C) groups is 1. The zero-order valence-electron chi connectivity index (χ0n) is 15.9. The minimum Gasteiger partial charge on any atom is -0.381 e. The lowest BCUT2D eigenvalue weighted by Crippen LogP contribution is -2.41. The van der Waals surface area contributed by atoms with Crippen molar-refractivity contribution in [3.63, 3.8) is 0 Å². The predicted molar refractivity (Wildman–Crippen MR) is 103 cm³/mol. The highest BCUT2D eigenvalue weighted by Gasteiger charge is 2.42. The van der Waals surface area contributed by atoms with Crippen LogP contribution in [0, 0.1) is 5.41 Å². The van der Waals surface area contributed by atoms with Gasteiger partial charge in [-0.2, -0.15) is 0 Å². The van der Waals surface area contributed by atoms with Gasteiger partial charge in [-0.05, 0) is 45.0 Å². The molecule has 25 heavy (non-hydrogen) atoms. The third-order valence-corrected chi connectivity index (χ3v) is 5.19. The summed E-state index contributed by atoms with van der Waals surface area (Å²) in [6.45, 7) is 8.72. The third-order valence-electron chi connectivity index (χ3n) is 5.19. The molecule has 2 heterocycles. The molecule has 0 saturated carbocycles. The Bertz CT molecular complexity index is 576. The van der Waals surface area contributed by atoms with Gasteiger partial charge in [-0.15, -0.1) is 0 Å². The van der Waals surface area contributed by atoms with Gasteiger partial charge in [-0.3, -0.25) is 0 Å². The summed E-state index contributed by atoms with van der Waals surface area (Å²) in [4.78, 5) is 9.49. The normalized spacial score (nSPS) is 23.8. The molecule has 2 fully saturated rings. The van der Waals surface area contributed by atoms with E-state index in [-0.39, 0.29) is 0 Å². The number of guanidine groups is 1. The molecule has 5 nitrogen and oxygen atoms in total. The van der Waals surface area contributed by atoms with Crippen molar-refractivity contribution in [2.24, 2.45) is 10.4 Å². The summed E-state index contributed by atoms with van der Waals surface area (Å²) in [5.41, 5.74) is 2.97. The maximum Gasteiger partial charge on any atom is 0.194 e. The highest BCUT2D eigenvalue weighted by molar-refractivity contribution is 5.80. The Morgan fingerprint density at radius 2 is 2.00 bits per heavy atom. The molecule has 1 unspecified atom stereocenters. The second-order valence-corrected chi connectivity index (χ2v) is 7.70. The van der Waals surface area contributed by atoms with Crippen LogP contribution in [0.15, 0.2) is 29.3 Å². The fourth-order valence-electron chi connectivity index (χ4n) is 3.79. The van der Waals surface area contributed by atoms with E-state index in [1.54, 1.807) is 0 Å². The van der Waals surface area contributed by atoms with Crippen molar-refractivity contribution in [3.05, 3.63) is 35.4 Å². The van der Waals surface area contributed by atoms with Gasteiger partial charge in [0.2, 0.25) is 0 Å². The largest absolute Gasteiger partial charge is 0.381 e. The van der Waals surface area contributed by atoms with E-state index in [4.69, 9.17) is 9.73 Å². The lowest BCUT2D eigenvalue weighted by Gasteiger charge is -2.25. The van der Waals surface area contributed by atoms with E-state index in [1.165, 1.54) is 24.0 Å². The van der Waals surface area contributed by atoms with E-state index in [0.717, 1.165) is 51.9 Å². The van der Waals surface area contributed by atoms with Crippen molar-refractivity contribution in [3.8, 4) is 0 Å². The summed E-state index contributed by atoms with van der Waals surface area (Å²) in [7, 11) is 4.19. The maximum atomic E-state index is 5.65. The van der Waals surface area contributed by atoms with Crippen LogP contribution >= 0.6 is 0 Å². The van der Waals surface area contributed by atoms with Crippen molar-refractivity contribution in [2.75, 3.05) is 46.9 Å². The molecule has 1 atom stereocenters. The number of hydrogen-bond donors (Lipinski definition) is 1. The number of ether oxygens (including phenoxy) is 1. The molecule has 138 valence electrons. The number of benzene rings is 1. The fraction of sp³-hybridized carbons (Fsp3) is 0.650. The van der Waals surface area contributed by atoms with Crippen LogP contribution in [0.1, 0.15) is 30.9 Å². The van der Waals surface area contributed by atoms with E-state index in [0.29, 0.717) is 5.41 Å². The molecule has 2 aliphatic rings.